The first-order chi connectivity index (χ1) is 19.5. The van der Waals surface area contributed by atoms with Gasteiger partial charge in [0.2, 0.25) is 11.8 Å². The lowest BCUT2D eigenvalue weighted by Gasteiger charge is -2.35. The molecule has 2 aliphatic rings. The van der Waals surface area contributed by atoms with Gasteiger partial charge in [0.1, 0.15) is 0 Å². The molecule has 2 aromatic carbocycles. The third kappa shape index (κ3) is 7.82. The van der Waals surface area contributed by atoms with Crippen molar-refractivity contribution in [2.75, 3.05) is 52.4 Å². The van der Waals surface area contributed by atoms with Crippen LogP contribution in [0.3, 0.4) is 0 Å². The highest BCUT2D eigenvalue weighted by Gasteiger charge is 2.31. The molecule has 0 aromatic heterocycles. The number of likely N-dealkylation sites (tertiary alicyclic amines) is 1. The summed E-state index contributed by atoms with van der Waals surface area (Å²) in [6.07, 6.45) is -3.97. The molecule has 0 radical (unpaired) electrons. The van der Waals surface area contributed by atoms with Crippen molar-refractivity contribution in [3.05, 3.63) is 70.8 Å². The molecule has 216 valence electrons. The minimum Gasteiger partial charge on any atom is -0.350 e. The lowest BCUT2D eigenvalue weighted by molar-refractivity contribution is -0.137. The zero-order chi connectivity index (χ0) is 29.6. The van der Waals surface area contributed by atoms with Crippen molar-refractivity contribution >= 4 is 23.6 Å². The van der Waals surface area contributed by atoms with Crippen LogP contribution in [0.25, 0.3) is 0 Å². The van der Waals surface area contributed by atoms with Gasteiger partial charge in [-0.15, -0.1) is 0 Å². The van der Waals surface area contributed by atoms with Gasteiger partial charge in [-0.05, 0) is 48.9 Å². The van der Waals surface area contributed by atoms with E-state index in [0.29, 0.717) is 56.8 Å². The van der Waals surface area contributed by atoms with Crippen LogP contribution in [0, 0.1) is 11.3 Å². The van der Waals surface area contributed by atoms with Crippen molar-refractivity contribution < 1.29 is 32.3 Å². The van der Waals surface area contributed by atoms with Crippen LogP contribution in [0.5, 0.6) is 0 Å². The lowest BCUT2D eigenvalue weighted by Crippen LogP contribution is -2.52. The SMILES string of the molecule is N#Cc1ccc(C(=O)N2CCN(C(=O)CN3CC[C@@H](NC(=O)CNC(=O)c4cccc(C(F)(F)F)c4)C3)CC2)cc1. The maximum atomic E-state index is 12.9. The highest BCUT2D eigenvalue weighted by molar-refractivity contribution is 5.96. The predicted molar refractivity (Wildman–Crippen MR) is 140 cm³/mol. The Morgan fingerprint density at radius 1 is 0.927 bits per heavy atom. The van der Waals surface area contributed by atoms with Gasteiger partial charge in [0, 0.05) is 56.4 Å². The number of hydrogen-bond donors (Lipinski definition) is 2. The third-order valence-electron chi connectivity index (χ3n) is 7.04. The van der Waals surface area contributed by atoms with Gasteiger partial charge in [-0.2, -0.15) is 18.4 Å². The van der Waals surface area contributed by atoms with E-state index in [2.05, 4.69) is 10.6 Å². The molecule has 0 unspecified atom stereocenters. The van der Waals surface area contributed by atoms with Crippen molar-refractivity contribution in [3.8, 4) is 6.07 Å². The highest BCUT2D eigenvalue weighted by atomic mass is 19.4. The van der Waals surface area contributed by atoms with Crippen LogP contribution in [0.4, 0.5) is 13.2 Å². The number of hydrogen-bond acceptors (Lipinski definition) is 6. The minimum absolute atomic E-state index is 0.0733. The molecular formula is C28H29F3N6O4. The van der Waals surface area contributed by atoms with E-state index >= 15 is 0 Å². The second-order valence-corrected chi connectivity index (χ2v) is 9.91. The van der Waals surface area contributed by atoms with Crippen LogP contribution in [0.1, 0.15) is 38.3 Å². The fourth-order valence-corrected chi connectivity index (χ4v) is 4.79. The van der Waals surface area contributed by atoms with E-state index in [4.69, 9.17) is 5.26 Å². The Morgan fingerprint density at radius 2 is 1.61 bits per heavy atom. The minimum atomic E-state index is -4.58. The zero-order valence-corrected chi connectivity index (χ0v) is 22.1. The first kappa shape index (κ1) is 29.5. The molecule has 2 aromatic rings. The Hall–Kier alpha value is -4.44. The molecule has 0 aliphatic carbocycles. The Morgan fingerprint density at radius 3 is 2.27 bits per heavy atom. The van der Waals surface area contributed by atoms with Crippen LogP contribution in [0.15, 0.2) is 48.5 Å². The van der Waals surface area contributed by atoms with Crippen LogP contribution >= 0.6 is 0 Å². The first-order valence-corrected chi connectivity index (χ1v) is 13.1. The van der Waals surface area contributed by atoms with Gasteiger partial charge in [-0.25, -0.2) is 0 Å². The molecule has 2 N–H and O–H groups in total. The topological polar surface area (TPSA) is 126 Å². The molecule has 13 heteroatoms. The summed E-state index contributed by atoms with van der Waals surface area (Å²) in [4.78, 5) is 55.4. The quantitative estimate of drug-likeness (QED) is 0.520. The number of nitrogens with zero attached hydrogens (tertiary/aromatic N) is 4. The van der Waals surface area contributed by atoms with Gasteiger partial charge in [-0.1, -0.05) is 6.07 Å². The summed E-state index contributed by atoms with van der Waals surface area (Å²) in [6, 6.07) is 12.2. The van der Waals surface area contributed by atoms with Crippen molar-refractivity contribution in [3.63, 3.8) is 0 Å². The smallest absolute Gasteiger partial charge is 0.350 e. The Bertz CT molecular complexity index is 1330. The van der Waals surface area contributed by atoms with E-state index in [1.54, 1.807) is 34.1 Å². The zero-order valence-electron chi connectivity index (χ0n) is 22.1. The standard InChI is InChI=1S/C28H29F3N6O4/c29-28(30,31)22-3-1-2-21(14-22)26(40)33-16-24(38)34-23-8-9-35(17-23)18-25(39)36-10-12-37(13-11-36)27(41)20-6-4-19(15-32)5-7-20/h1-7,14,23H,8-13,16-18H2,(H,33,40)(H,34,38)/t23-/m1/s1. The molecule has 4 rings (SSSR count). The molecule has 1 atom stereocenters. The number of halogens is 3. The molecule has 2 fully saturated rings. The summed E-state index contributed by atoms with van der Waals surface area (Å²) in [5.74, 6) is -1.49. The van der Waals surface area contributed by atoms with E-state index < -0.39 is 30.1 Å². The lowest BCUT2D eigenvalue weighted by atomic mass is 10.1. The number of carbonyl (C=O) groups excluding carboxylic acids is 4. The van der Waals surface area contributed by atoms with Gasteiger partial charge < -0.3 is 20.4 Å². The van der Waals surface area contributed by atoms with Crippen molar-refractivity contribution in [2.24, 2.45) is 0 Å². The maximum Gasteiger partial charge on any atom is 0.416 e. The number of benzene rings is 2. The van der Waals surface area contributed by atoms with E-state index in [1.165, 1.54) is 6.07 Å². The fraction of sp³-hybridized carbons (Fsp3) is 0.393. The number of amides is 4. The summed E-state index contributed by atoms with van der Waals surface area (Å²) in [7, 11) is 0. The van der Waals surface area contributed by atoms with Crippen LogP contribution in [-0.4, -0.2) is 96.7 Å². The van der Waals surface area contributed by atoms with E-state index in [0.717, 1.165) is 18.2 Å². The molecule has 10 nitrogen and oxygen atoms in total. The highest BCUT2D eigenvalue weighted by Crippen LogP contribution is 2.29. The second-order valence-electron chi connectivity index (χ2n) is 9.91. The molecule has 2 saturated heterocycles. The monoisotopic (exact) mass is 570 g/mol. The molecular weight excluding hydrogens is 541 g/mol. The van der Waals surface area contributed by atoms with Gasteiger partial charge in [0.05, 0.1) is 30.3 Å². The van der Waals surface area contributed by atoms with Gasteiger partial charge in [0.15, 0.2) is 0 Å². The number of rotatable bonds is 7. The molecule has 0 saturated carbocycles. The largest absolute Gasteiger partial charge is 0.416 e. The summed E-state index contributed by atoms with van der Waals surface area (Å²) in [6.45, 7) is 2.41. The van der Waals surface area contributed by atoms with Crippen LogP contribution < -0.4 is 10.6 Å². The Labute approximate surface area is 234 Å². The van der Waals surface area contributed by atoms with E-state index in [-0.39, 0.29) is 30.0 Å². The van der Waals surface area contributed by atoms with Crippen molar-refractivity contribution in [2.45, 2.75) is 18.6 Å². The molecule has 4 amide bonds. The summed E-state index contributed by atoms with van der Waals surface area (Å²) in [5.41, 5.74) is -0.183. The van der Waals surface area contributed by atoms with Gasteiger partial charge in [-0.3, -0.25) is 24.1 Å². The number of nitriles is 1. The van der Waals surface area contributed by atoms with Crippen molar-refractivity contribution in [1.29, 1.82) is 5.26 Å². The maximum absolute atomic E-state index is 12.9. The number of piperazine rings is 1. The van der Waals surface area contributed by atoms with Crippen LogP contribution in [0.2, 0.25) is 0 Å². The normalized spacial score (nSPS) is 17.6. The second kappa shape index (κ2) is 12.8. The Balaban J connectivity index is 1.16. The number of nitrogens with one attached hydrogen (secondary N) is 2. The van der Waals surface area contributed by atoms with Crippen molar-refractivity contribution in [1.82, 2.24) is 25.3 Å². The summed E-state index contributed by atoms with van der Waals surface area (Å²) in [5, 5.41) is 14.0. The van der Waals surface area contributed by atoms with E-state index in [1.807, 2.05) is 11.0 Å². The Kier molecular flexibility index (Phi) is 9.24. The van der Waals surface area contributed by atoms with E-state index in [9.17, 15) is 32.3 Å². The fourth-order valence-electron chi connectivity index (χ4n) is 4.79. The molecule has 41 heavy (non-hydrogen) atoms. The number of carbonyl (C=O) groups is 4. The van der Waals surface area contributed by atoms with Gasteiger partial charge >= 0.3 is 6.18 Å². The average molecular weight is 571 g/mol. The predicted octanol–water partition coefficient (Wildman–Crippen LogP) is 1.48. The summed E-state index contributed by atoms with van der Waals surface area (Å²) < 4.78 is 38.6. The third-order valence-corrected chi connectivity index (χ3v) is 7.04. The molecule has 2 heterocycles. The van der Waals surface area contributed by atoms with Gasteiger partial charge in [0.25, 0.3) is 11.8 Å². The first-order valence-electron chi connectivity index (χ1n) is 13.1. The average Bonchev–Trinajstić information content (AvgIpc) is 3.41. The number of alkyl halides is 3. The molecule has 2 aliphatic heterocycles. The summed E-state index contributed by atoms with van der Waals surface area (Å²) >= 11 is 0. The van der Waals surface area contributed by atoms with Crippen LogP contribution in [-0.2, 0) is 15.8 Å². The molecule has 0 bridgehead atoms. The molecule has 0 spiro atoms.